The van der Waals surface area contributed by atoms with Gasteiger partial charge in [0.1, 0.15) is 5.82 Å². The van der Waals surface area contributed by atoms with Crippen LogP contribution in [-0.4, -0.2) is 18.9 Å². The van der Waals surface area contributed by atoms with Crippen LogP contribution in [0.1, 0.15) is 22.8 Å². The molecule has 0 unspecified atom stereocenters. The first-order valence-electron chi connectivity index (χ1n) is 9.84. The largest absolute Gasteiger partial charge is 0.317 e. The Morgan fingerprint density at radius 3 is 2.56 bits per heavy atom. The molecular weight excluding hydrogens is 449 g/mol. The van der Waals surface area contributed by atoms with Crippen molar-refractivity contribution in [2.75, 3.05) is 4.72 Å². The van der Waals surface area contributed by atoms with Gasteiger partial charge in [0.15, 0.2) is 4.80 Å². The molecule has 0 bridgehead atoms. The molecule has 1 heterocycles. The molecule has 4 rings (SSSR count). The van der Waals surface area contributed by atoms with Crippen molar-refractivity contribution in [3.63, 3.8) is 0 Å². The fourth-order valence-electron chi connectivity index (χ4n) is 3.24. The minimum atomic E-state index is -3.79. The van der Waals surface area contributed by atoms with Crippen molar-refractivity contribution < 1.29 is 17.6 Å². The van der Waals surface area contributed by atoms with Gasteiger partial charge in [-0.1, -0.05) is 35.1 Å². The number of anilines is 1. The van der Waals surface area contributed by atoms with Crippen molar-refractivity contribution in [1.82, 2.24) is 4.57 Å². The molecule has 4 aromatic rings. The number of fused-ring (bicyclic) bond motifs is 1. The fourth-order valence-corrected chi connectivity index (χ4v) is 5.40. The number of aromatic nitrogens is 1. The van der Waals surface area contributed by atoms with Gasteiger partial charge in [0.2, 0.25) is 0 Å². The number of carbonyl (C=O) groups excluding carboxylic acids is 1. The molecule has 0 atom stereocenters. The van der Waals surface area contributed by atoms with Crippen molar-refractivity contribution in [3.05, 3.63) is 88.5 Å². The highest BCUT2D eigenvalue weighted by Gasteiger charge is 2.15. The first-order chi connectivity index (χ1) is 15.3. The Kier molecular flexibility index (Phi) is 5.94. The predicted molar refractivity (Wildman–Crippen MR) is 124 cm³/mol. The maximum absolute atomic E-state index is 13.6. The summed E-state index contributed by atoms with van der Waals surface area (Å²) in [6.45, 7) is 4.35. The Morgan fingerprint density at radius 2 is 1.84 bits per heavy atom. The normalized spacial score (nSPS) is 12.3. The van der Waals surface area contributed by atoms with Crippen LogP contribution < -0.4 is 9.52 Å². The molecule has 0 radical (unpaired) electrons. The molecule has 0 saturated carbocycles. The van der Waals surface area contributed by atoms with E-state index in [0.717, 1.165) is 11.1 Å². The van der Waals surface area contributed by atoms with E-state index in [-0.39, 0.29) is 22.0 Å². The first-order valence-corrected chi connectivity index (χ1v) is 12.1. The van der Waals surface area contributed by atoms with E-state index in [1.807, 2.05) is 18.4 Å². The van der Waals surface area contributed by atoms with E-state index in [2.05, 4.69) is 9.71 Å². The molecule has 1 amide bonds. The van der Waals surface area contributed by atoms with Crippen LogP contribution in [0, 0.1) is 12.7 Å². The third-order valence-electron chi connectivity index (χ3n) is 4.85. The van der Waals surface area contributed by atoms with E-state index in [0.29, 0.717) is 16.0 Å². The van der Waals surface area contributed by atoms with Crippen LogP contribution in [-0.2, 0) is 16.6 Å². The lowest BCUT2D eigenvalue weighted by atomic mass is 10.2. The van der Waals surface area contributed by atoms with Gasteiger partial charge in [0.25, 0.3) is 15.9 Å². The van der Waals surface area contributed by atoms with Crippen molar-refractivity contribution in [3.8, 4) is 0 Å². The van der Waals surface area contributed by atoms with Crippen molar-refractivity contribution in [2.45, 2.75) is 25.3 Å². The van der Waals surface area contributed by atoms with Gasteiger partial charge in [-0.2, -0.15) is 4.99 Å². The molecule has 32 heavy (non-hydrogen) atoms. The quantitative estimate of drug-likeness (QED) is 0.460. The smallest absolute Gasteiger partial charge is 0.279 e. The third-order valence-corrected chi connectivity index (χ3v) is 7.29. The van der Waals surface area contributed by atoms with Crippen LogP contribution in [0.3, 0.4) is 0 Å². The third kappa shape index (κ3) is 4.49. The summed E-state index contributed by atoms with van der Waals surface area (Å²) < 4.78 is 43.9. The van der Waals surface area contributed by atoms with Gasteiger partial charge < -0.3 is 4.57 Å². The highest BCUT2D eigenvalue weighted by Crippen LogP contribution is 2.20. The van der Waals surface area contributed by atoms with Crippen LogP contribution in [0.5, 0.6) is 0 Å². The Bertz CT molecular complexity index is 1490. The summed E-state index contributed by atoms with van der Waals surface area (Å²) in [6, 6.07) is 17.1. The summed E-state index contributed by atoms with van der Waals surface area (Å²) >= 11 is 1.22. The van der Waals surface area contributed by atoms with E-state index >= 15 is 0 Å². The molecule has 0 aliphatic rings. The number of hydrogen-bond donors (Lipinski definition) is 1. The maximum atomic E-state index is 13.6. The SMILES string of the molecule is CCn1c(=NC(=O)c2cccc(NS(=O)(=O)c3ccc(C)cc3)c2)sc2cc(F)ccc21. The molecule has 0 spiro atoms. The van der Waals surface area contributed by atoms with Gasteiger partial charge >= 0.3 is 0 Å². The summed E-state index contributed by atoms with van der Waals surface area (Å²) in [6.07, 6.45) is 0. The van der Waals surface area contributed by atoms with E-state index in [4.69, 9.17) is 0 Å². The number of nitrogens with one attached hydrogen (secondary N) is 1. The lowest BCUT2D eigenvalue weighted by Gasteiger charge is -2.09. The number of carbonyl (C=O) groups is 1. The second-order valence-corrected chi connectivity index (χ2v) is 9.85. The second kappa shape index (κ2) is 8.68. The molecule has 0 aliphatic carbocycles. The number of nitrogens with zero attached hydrogens (tertiary/aromatic N) is 2. The topological polar surface area (TPSA) is 80.5 Å². The molecule has 0 saturated heterocycles. The minimum Gasteiger partial charge on any atom is -0.317 e. The Hall–Kier alpha value is -3.30. The van der Waals surface area contributed by atoms with Crippen LogP contribution >= 0.6 is 11.3 Å². The van der Waals surface area contributed by atoms with E-state index in [1.165, 1.54) is 41.7 Å². The zero-order valence-electron chi connectivity index (χ0n) is 17.4. The maximum Gasteiger partial charge on any atom is 0.279 e. The number of rotatable bonds is 5. The monoisotopic (exact) mass is 469 g/mol. The molecular formula is C23H20FN3O3S2. The van der Waals surface area contributed by atoms with Crippen LogP contribution in [0.2, 0.25) is 0 Å². The van der Waals surface area contributed by atoms with Crippen molar-refractivity contribution >= 4 is 43.2 Å². The zero-order valence-corrected chi connectivity index (χ0v) is 19.0. The lowest BCUT2D eigenvalue weighted by Crippen LogP contribution is -2.16. The lowest BCUT2D eigenvalue weighted by molar-refractivity contribution is 0.0998. The summed E-state index contributed by atoms with van der Waals surface area (Å²) in [5, 5.41) is 0. The first kappa shape index (κ1) is 21.9. The second-order valence-electron chi connectivity index (χ2n) is 7.16. The van der Waals surface area contributed by atoms with Gasteiger partial charge in [-0.15, -0.1) is 0 Å². The van der Waals surface area contributed by atoms with Crippen molar-refractivity contribution in [2.24, 2.45) is 4.99 Å². The number of halogens is 1. The minimum absolute atomic E-state index is 0.131. The standard InChI is InChI=1S/C23H20FN3O3S2/c1-3-27-20-12-9-17(24)14-21(20)31-23(27)25-22(28)16-5-4-6-18(13-16)26-32(29,30)19-10-7-15(2)8-11-19/h4-14,26H,3H2,1-2H3. The summed E-state index contributed by atoms with van der Waals surface area (Å²) in [4.78, 5) is 17.6. The molecule has 164 valence electrons. The number of benzene rings is 3. The van der Waals surface area contributed by atoms with E-state index in [1.54, 1.807) is 36.4 Å². The average molecular weight is 470 g/mol. The zero-order chi connectivity index (χ0) is 22.9. The van der Waals surface area contributed by atoms with Gasteiger partial charge in [-0.25, -0.2) is 12.8 Å². The van der Waals surface area contributed by atoms with E-state index < -0.39 is 15.9 Å². The molecule has 1 N–H and O–H groups in total. The molecule has 9 heteroatoms. The molecule has 1 aromatic heterocycles. The number of thiazole rings is 1. The van der Waals surface area contributed by atoms with E-state index in [9.17, 15) is 17.6 Å². The summed E-state index contributed by atoms with van der Waals surface area (Å²) in [5.74, 6) is -0.871. The molecule has 6 nitrogen and oxygen atoms in total. The molecule has 3 aromatic carbocycles. The van der Waals surface area contributed by atoms with Crippen molar-refractivity contribution in [1.29, 1.82) is 0 Å². The fraction of sp³-hybridized carbons (Fsp3) is 0.130. The van der Waals surface area contributed by atoms with Gasteiger partial charge in [0.05, 0.1) is 15.1 Å². The van der Waals surface area contributed by atoms with Crippen LogP contribution in [0.25, 0.3) is 10.2 Å². The highest BCUT2D eigenvalue weighted by molar-refractivity contribution is 7.92. The number of amides is 1. The van der Waals surface area contributed by atoms with Gasteiger partial charge in [-0.3, -0.25) is 9.52 Å². The summed E-state index contributed by atoms with van der Waals surface area (Å²) in [7, 11) is -3.79. The Morgan fingerprint density at radius 1 is 1.09 bits per heavy atom. The average Bonchev–Trinajstić information content (AvgIpc) is 3.09. The number of aryl methyl sites for hydroxylation is 2. The highest BCUT2D eigenvalue weighted by atomic mass is 32.2. The summed E-state index contributed by atoms with van der Waals surface area (Å²) in [5.41, 5.74) is 2.24. The molecule has 0 fully saturated rings. The van der Waals surface area contributed by atoms with Crippen LogP contribution in [0.15, 0.2) is 76.6 Å². The number of hydrogen-bond acceptors (Lipinski definition) is 4. The van der Waals surface area contributed by atoms with Crippen LogP contribution in [0.4, 0.5) is 10.1 Å². The Balaban J connectivity index is 1.66. The predicted octanol–water partition coefficient (Wildman–Crippen LogP) is 4.71. The Labute approximate surface area is 188 Å². The van der Waals surface area contributed by atoms with Gasteiger partial charge in [0, 0.05) is 17.8 Å². The number of sulfonamides is 1. The van der Waals surface area contributed by atoms with Gasteiger partial charge in [-0.05, 0) is 62.4 Å². The molecule has 0 aliphatic heterocycles.